The van der Waals surface area contributed by atoms with Crippen molar-refractivity contribution in [2.75, 3.05) is 33.3 Å². The molecule has 1 unspecified atom stereocenters. The van der Waals surface area contributed by atoms with E-state index in [-0.39, 0.29) is 0 Å². The summed E-state index contributed by atoms with van der Waals surface area (Å²) in [6.07, 6.45) is 2.22. The molecule has 0 aromatic heterocycles. The summed E-state index contributed by atoms with van der Waals surface area (Å²) in [5.74, 6) is 0.750. The lowest BCUT2D eigenvalue weighted by Crippen LogP contribution is -2.29. The van der Waals surface area contributed by atoms with Crippen molar-refractivity contribution >= 4 is 11.6 Å². The summed E-state index contributed by atoms with van der Waals surface area (Å²) in [4.78, 5) is 2.45. The fourth-order valence-electron chi connectivity index (χ4n) is 2.45. The number of halogens is 1. The highest BCUT2D eigenvalue weighted by atomic mass is 35.5. The molecular formula is C17H29ClN2O. The minimum atomic E-state index is 0.344. The number of benzene rings is 1. The molecule has 0 aliphatic carbocycles. The summed E-state index contributed by atoms with van der Waals surface area (Å²) in [7, 11) is 1.66. The number of nitrogens with one attached hydrogen (secondary N) is 1. The Morgan fingerprint density at radius 3 is 2.52 bits per heavy atom. The highest BCUT2D eigenvalue weighted by molar-refractivity contribution is 6.32. The minimum absolute atomic E-state index is 0.344. The van der Waals surface area contributed by atoms with Crippen LogP contribution in [-0.2, 0) is 0 Å². The summed E-state index contributed by atoms with van der Waals surface area (Å²) in [6, 6.07) is 6.42. The van der Waals surface area contributed by atoms with Gasteiger partial charge in [-0.1, -0.05) is 38.4 Å². The third-order valence-electron chi connectivity index (χ3n) is 3.85. The first-order valence-electron chi connectivity index (χ1n) is 7.95. The molecule has 0 saturated heterocycles. The number of ether oxygens (including phenoxy) is 1. The van der Waals surface area contributed by atoms with Crippen LogP contribution in [0.25, 0.3) is 0 Å². The first-order chi connectivity index (χ1) is 10.2. The van der Waals surface area contributed by atoms with Crippen molar-refractivity contribution in [3.63, 3.8) is 0 Å². The molecule has 0 heterocycles. The molecule has 1 rings (SSSR count). The zero-order valence-electron chi connectivity index (χ0n) is 13.8. The average molecular weight is 313 g/mol. The third kappa shape index (κ3) is 5.85. The molecule has 0 spiro atoms. The Morgan fingerprint density at radius 1 is 1.24 bits per heavy atom. The molecule has 0 aliphatic heterocycles. The summed E-state index contributed by atoms with van der Waals surface area (Å²) >= 11 is 6.12. The van der Waals surface area contributed by atoms with E-state index in [0.717, 1.165) is 44.8 Å². The monoisotopic (exact) mass is 312 g/mol. The molecular weight excluding hydrogens is 284 g/mol. The second-order valence-electron chi connectivity index (χ2n) is 5.22. The number of methoxy groups -OCH3 is 1. The molecule has 0 fully saturated rings. The molecule has 4 heteroatoms. The molecule has 21 heavy (non-hydrogen) atoms. The minimum Gasteiger partial charge on any atom is -0.495 e. The zero-order chi connectivity index (χ0) is 15.7. The first-order valence-corrected chi connectivity index (χ1v) is 8.33. The van der Waals surface area contributed by atoms with Gasteiger partial charge in [0.1, 0.15) is 5.75 Å². The van der Waals surface area contributed by atoms with E-state index in [1.54, 1.807) is 7.11 Å². The van der Waals surface area contributed by atoms with E-state index in [4.69, 9.17) is 16.3 Å². The van der Waals surface area contributed by atoms with Gasteiger partial charge >= 0.3 is 0 Å². The Kier molecular flexibility index (Phi) is 8.74. The van der Waals surface area contributed by atoms with Crippen LogP contribution in [0.3, 0.4) is 0 Å². The second-order valence-corrected chi connectivity index (χ2v) is 5.62. The Balaban J connectivity index is 2.80. The van der Waals surface area contributed by atoms with Crippen LogP contribution in [0, 0.1) is 0 Å². The van der Waals surface area contributed by atoms with Crippen molar-refractivity contribution in [1.82, 2.24) is 10.2 Å². The van der Waals surface area contributed by atoms with Crippen molar-refractivity contribution in [3.8, 4) is 5.75 Å². The first kappa shape index (κ1) is 18.3. The molecule has 120 valence electrons. The topological polar surface area (TPSA) is 24.5 Å². The van der Waals surface area contributed by atoms with Crippen LogP contribution < -0.4 is 10.1 Å². The maximum absolute atomic E-state index is 6.12. The molecule has 0 bridgehead atoms. The lowest BCUT2D eigenvalue weighted by Gasteiger charge is -2.24. The van der Waals surface area contributed by atoms with Crippen LogP contribution in [0.4, 0.5) is 0 Å². The number of hydrogen-bond acceptors (Lipinski definition) is 3. The number of hydrogen-bond donors (Lipinski definition) is 1. The fraction of sp³-hybridized carbons (Fsp3) is 0.647. The van der Waals surface area contributed by atoms with Gasteiger partial charge in [-0.25, -0.2) is 0 Å². The summed E-state index contributed by atoms with van der Waals surface area (Å²) in [6.45, 7) is 10.9. The lowest BCUT2D eigenvalue weighted by atomic mass is 10.0. The Morgan fingerprint density at radius 2 is 1.95 bits per heavy atom. The quantitative estimate of drug-likeness (QED) is 0.703. The van der Waals surface area contributed by atoms with Crippen LogP contribution in [0.5, 0.6) is 5.75 Å². The van der Waals surface area contributed by atoms with E-state index >= 15 is 0 Å². The highest BCUT2D eigenvalue weighted by Crippen LogP contribution is 2.29. The molecule has 0 saturated carbocycles. The van der Waals surface area contributed by atoms with Gasteiger partial charge in [-0.2, -0.15) is 0 Å². The smallest absolute Gasteiger partial charge is 0.137 e. The predicted octanol–water partition coefficient (Wildman–Crippen LogP) is 4.12. The molecule has 0 aliphatic rings. The molecule has 0 radical (unpaired) electrons. The highest BCUT2D eigenvalue weighted by Gasteiger charge is 2.14. The van der Waals surface area contributed by atoms with Crippen molar-refractivity contribution in [2.24, 2.45) is 0 Å². The molecule has 1 aromatic rings. The van der Waals surface area contributed by atoms with E-state index in [1.807, 2.05) is 6.07 Å². The Bertz CT molecular complexity index is 408. The van der Waals surface area contributed by atoms with Gasteiger partial charge in [0.2, 0.25) is 0 Å². The average Bonchev–Trinajstić information content (AvgIpc) is 2.52. The summed E-state index contributed by atoms with van der Waals surface area (Å²) in [5.41, 5.74) is 1.25. The van der Waals surface area contributed by atoms with Crippen LogP contribution >= 0.6 is 11.6 Å². The van der Waals surface area contributed by atoms with Crippen LogP contribution in [0.15, 0.2) is 18.2 Å². The normalized spacial score (nSPS) is 12.7. The third-order valence-corrected chi connectivity index (χ3v) is 4.16. The van der Waals surface area contributed by atoms with Gasteiger partial charge in [-0.05, 0) is 56.7 Å². The Hall–Kier alpha value is -0.770. The van der Waals surface area contributed by atoms with Gasteiger partial charge in [0.25, 0.3) is 0 Å². The van der Waals surface area contributed by atoms with Crippen molar-refractivity contribution in [1.29, 1.82) is 0 Å². The van der Waals surface area contributed by atoms with E-state index in [9.17, 15) is 0 Å². The maximum atomic E-state index is 6.12. The van der Waals surface area contributed by atoms with Crippen molar-refractivity contribution < 1.29 is 4.74 Å². The van der Waals surface area contributed by atoms with E-state index in [2.05, 4.69) is 43.1 Å². The fourth-order valence-corrected chi connectivity index (χ4v) is 2.64. The van der Waals surface area contributed by atoms with Crippen LogP contribution in [-0.4, -0.2) is 38.2 Å². The van der Waals surface area contributed by atoms with Crippen LogP contribution in [0.2, 0.25) is 5.02 Å². The maximum Gasteiger partial charge on any atom is 0.137 e. The zero-order valence-corrected chi connectivity index (χ0v) is 14.5. The largest absolute Gasteiger partial charge is 0.495 e. The Labute approximate surface area is 134 Å². The van der Waals surface area contributed by atoms with Crippen molar-refractivity contribution in [3.05, 3.63) is 28.8 Å². The van der Waals surface area contributed by atoms with Gasteiger partial charge in [0, 0.05) is 6.04 Å². The van der Waals surface area contributed by atoms with Gasteiger partial charge < -0.3 is 15.0 Å². The van der Waals surface area contributed by atoms with Crippen LogP contribution in [0.1, 0.15) is 45.2 Å². The van der Waals surface area contributed by atoms with Crippen molar-refractivity contribution in [2.45, 2.75) is 39.7 Å². The van der Waals surface area contributed by atoms with Gasteiger partial charge in [-0.3, -0.25) is 0 Å². The van der Waals surface area contributed by atoms with E-state index in [1.165, 1.54) is 5.56 Å². The summed E-state index contributed by atoms with van der Waals surface area (Å²) in [5, 5.41) is 4.30. The predicted molar refractivity (Wildman–Crippen MR) is 91.4 cm³/mol. The molecule has 1 atom stereocenters. The lowest BCUT2D eigenvalue weighted by molar-refractivity contribution is 0.281. The van der Waals surface area contributed by atoms with Gasteiger partial charge in [-0.15, -0.1) is 0 Å². The second kappa shape index (κ2) is 10.0. The standard InChI is InChI=1S/C17H29ClN2O/c1-5-11-19-16(10-12-20(6-2)7-3)14-8-9-15(18)17(13-14)21-4/h8-9,13,16,19H,5-7,10-12H2,1-4H3. The van der Waals surface area contributed by atoms with Gasteiger partial charge in [0.15, 0.2) is 0 Å². The number of rotatable bonds is 10. The number of nitrogens with zero attached hydrogens (tertiary/aromatic N) is 1. The molecule has 1 N–H and O–H groups in total. The van der Waals surface area contributed by atoms with Gasteiger partial charge in [0.05, 0.1) is 12.1 Å². The SMILES string of the molecule is CCCNC(CCN(CC)CC)c1ccc(Cl)c(OC)c1. The molecule has 3 nitrogen and oxygen atoms in total. The summed E-state index contributed by atoms with van der Waals surface area (Å²) < 4.78 is 5.34. The van der Waals surface area contributed by atoms with E-state index < -0.39 is 0 Å². The molecule has 1 aromatic carbocycles. The van der Waals surface area contributed by atoms with E-state index in [0.29, 0.717) is 11.1 Å². The molecule has 0 amide bonds.